The fourth-order valence-electron chi connectivity index (χ4n) is 3.87. The molecule has 0 unspecified atom stereocenters. The lowest BCUT2D eigenvalue weighted by molar-refractivity contribution is 0.195. The van der Waals surface area contributed by atoms with Crippen LogP contribution in [0.1, 0.15) is 143 Å². The van der Waals surface area contributed by atoms with Crippen molar-refractivity contribution >= 4 is 6.03 Å². The van der Waals surface area contributed by atoms with E-state index in [1.54, 1.807) is 0 Å². The van der Waals surface area contributed by atoms with Crippen molar-refractivity contribution in [1.29, 1.82) is 0 Å². The minimum atomic E-state index is 0.179. The van der Waals surface area contributed by atoms with Gasteiger partial charge in [0.25, 0.3) is 0 Å². The number of carbonyl (C=O) groups is 1. The predicted molar refractivity (Wildman–Crippen MR) is 130 cm³/mol. The number of nitrogens with one attached hydrogen (secondary N) is 1. The highest BCUT2D eigenvalue weighted by atomic mass is 16.2. The van der Waals surface area contributed by atoms with Crippen LogP contribution in [0.2, 0.25) is 0 Å². The van der Waals surface area contributed by atoms with Crippen LogP contribution in [0.15, 0.2) is 0 Å². The lowest BCUT2D eigenvalue weighted by Crippen LogP contribution is -2.41. The third kappa shape index (κ3) is 20.3. The average molecular weight is 411 g/mol. The van der Waals surface area contributed by atoms with E-state index in [1.807, 2.05) is 0 Å². The highest BCUT2D eigenvalue weighted by Gasteiger charge is 2.12. The summed E-state index contributed by atoms with van der Waals surface area (Å²) in [5.41, 5.74) is 0. The smallest absolute Gasteiger partial charge is 0.317 e. The summed E-state index contributed by atoms with van der Waals surface area (Å²) < 4.78 is 0. The van der Waals surface area contributed by atoms with E-state index in [9.17, 15) is 4.79 Å². The van der Waals surface area contributed by atoms with Gasteiger partial charge in [0.05, 0.1) is 0 Å². The minimum absolute atomic E-state index is 0.179. The van der Waals surface area contributed by atoms with E-state index in [0.29, 0.717) is 0 Å². The lowest BCUT2D eigenvalue weighted by Gasteiger charge is -2.23. The molecule has 0 rings (SSSR count). The molecule has 0 aliphatic carbocycles. The van der Waals surface area contributed by atoms with Gasteiger partial charge >= 0.3 is 6.03 Å². The molecule has 3 nitrogen and oxygen atoms in total. The number of rotatable bonds is 22. The Balaban J connectivity index is 4.00. The van der Waals surface area contributed by atoms with Crippen LogP contribution in [-0.4, -0.2) is 30.6 Å². The van der Waals surface area contributed by atoms with E-state index in [-0.39, 0.29) is 6.03 Å². The zero-order valence-electron chi connectivity index (χ0n) is 20.4. The van der Waals surface area contributed by atoms with Gasteiger partial charge in [-0.1, -0.05) is 124 Å². The SMILES string of the molecule is CCCCCCCCCNC(=O)N(CCCCCCCC)CCCCCCCC. The number of hydrogen-bond donors (Lipinski definition) is 1. The Morgan fingerprint density at radius 1 is 0.517 bits per heavy atom. The third-order valence-electron chi connectivity index (χ3n) is 5.91. The van der Waals surface area contributed by atoms with E-state index in [1.165, 1.54) is 103 Å². The van der Waals surface area contributed by atoms with E-state index in [0.717, 1.165) is 38.9 Å². The van der Waals surface area contributed by atoms with Gasteiger partial charge in [0.1, 0.15) is 0 Å². The van der Waals surface area contributed by atoms with Gasteiger partial charge < -0.3 is 10.2 Å². The van der Waals surface area contributed by atoms with Crippen molar-refractivity contribution in [3.8, 4) is 0 Å². The van der Waals surface area contributed by atoms with Crippen molar-refractivity contribution in [1.82, 2.24) is 10.2 Å². The van der Waals surface area contributed by atoms with Crippen molar-refractivity contribution < 1.29 is 4.79 Å². The predicted octanol–water partition coefficient (Wildman–Crippen LogP) is 8.47. The van der Waals surface area contributed by atoms with Crippen LogP contribution in [-0.2, 0) is 0 Å². The largest absolute Gasteiger partial charge is 0.338 e. The zero-order chi connectivity index (χ0) is 21.4. The zero-order valence-corrected chi connectivity index (χ0v) is 20.4. The molecule has 1 N–H and O–H groups in total. The second kappa shape index (κ2) is 23.5. The normalized spacial score (nSPS) is 11.0. The van der Waals surface area contributed by atoms with Gasteiger partial charge in [-0.3, -0.25) is 0 Å². The minimum Gasteiger partial charge on any atom is -0.338 e. The molecule has 0 saturated carbocycles. The number of amides is 2. The molecule has 3 heteroatoms. The van der Waals surface area contributed by atoms with Gasteiger partial charge in [-0.05, 0) is 19.3 Å². The van der Waals surface area contributed by atoms with E-state index in [2.05, 4.69) is 31.0 Å². The summed E-state index contributed by atoms with van der Waals surface area (Å²) in [5, 5.41) is 3.19. The first-order valence-corrected chi connectivity index (χ1v) is 13.3. The summed E-state index contributed by atoms with van der Waals surface area (Å²) in [6, 6.07) is 0.179. The van der Waals surface area contributed by atoms with Crippen LogP contribution in [0.3, 0.4) is 0 Å². The molecule has 0 spiro atoms. The van der Waals surface area contributed by atoms with Crippen molar-refractivity contribution in [3.05, 3.63) is 0 Å². The molecule has 29 heavy (non-hydrogen) atoms. The molecule has 0 saturated heterocycles. The summed E-state index contributed by atoms with van der Waals surface area (Å²) in [4.78, 5) is 14.8. The number of urea groups is 1. The average Bonchev–Trinajstić information content (AvgIpc) is 2.73. The van der Waals surface area contributed by atoms with Gasteiger partial charge in [0.15, 0.2) is 0 Å². The first-order valence-electron chi connectivity index (χ1n) is 13.3. The van der Waals surface area contributed by atoms with Crippen molar-refractivity contribution in [2.24, 2.45) is 0 Å². The topological polar surface area (TPSA) is 32.3 Å². The van der Waals surface area contributed by atoms with Gasteiger partial charge in [0.2, 0.25) is 0 Å². The third-order valence-corrected chi connectivity index (χ3v) is 5.91. The van der Waals surface area contributed by atoms with Crippen LogP contribution in [0.5, 0.6) is 0 Å². The molecule has 0 radical (unpaired) electrons. The molecule has 0 fully saturated rings. The molecule has 0 heterocycles. The Hall–Kier alpha value is -0.730. The fraction of sp³-hybridized carbons (Fsp3) is 0.962. The quantitative estimate of drug-likeness (QED) is 0.178. The molecule has 0 atom stereocenters. The molecule has 0 aliphatic heterocycles. The van der Waals surface area contributed by atoms with Gasteiger partial charge in [-0.2, -0.15) is 0 Å². The molecule has 0 aromatic heterocycles. The van der Waals surface area contributed by atoms with Crippen LogP contribution in [0, 0.1) is 0 Å². The second-order valence-electron chi connectivity index (χ2n) is 8.88. The standard InChI is InChI=1S/C26H54N2O/c1-4-7-10-13-16-17-20-23-27-26(29)28(24-21-18-14-11-8-5-2)25-22-19-15-12-9-6-3/h4-25H2,1-3H3,(H,27,29). The molecule has 0 bridgehead atoms. The molecule has 2 amide bonds. The van der Waals surface area contributed by atoms with Gasteiger partial charge in [-0.15, -0.1) is 0 Å². The van der Waals surface area contributed by atoms with Gasteiger partial charge in [0, 0.05) is 19.6 Å². The van der Waals surface area contributed by atoms with Gasteiger partial charge in [-0.25, -0.2) is 4.79 Å². The first kappa shape index (κ1) is 28.3. The highest BCUT2D eigenvalue weighted by molar-refractivity contribution is 5.74. The molecule has 0 aliphatic rings. The van der Waals surface area contributed by atoms with Crippen LogP contribution >= 0.6 is 0 Å². The van der Waals surface area contributed by atoms with Crippen LogP contribution < -0.4 is 5.32 Å². The number of carbonyl (C=O) groups excluding carboxylic acids is 1. The summed E-state index contributed by atoms with van der Waals surface area (Å²) >= 11 is 0. The highest BCUT2D eigenvalue weighted by Crippen LogP contribution is 2.10. The van der Waals surface area contributed by atoms with Crippen LogP contribution in [0.4, 0.5) is 4.79 Å². The van der Waals surface area contributed by atoms with Crippen molar-refractivity contribution in [3.63, 3.8) is 0 Å². The van der Waals surface area contributed by atoms with Crippen molar-refractivity contribution in [2.75, 3.05) is 19.6 Å². The number of hydrogen-bond acceptors (Lipinski definition) is 1. The fourth-order valence-corrected chi connectivity index (χ4v) is 3.87. The first-order chi connectivity index (χ1) is 14.3. The van der Waals surface area contributed by atoms with Crippen molar-refractivity contribution in [2.45, 2.75) is 143 Å². The number of unbranched alkanes of at least 4 members (excludes halogenated alkanes) is 16. The lowest BCUT2D eigenvalue weighted by atomic mass is 10.1. The van der Waals surface area contributed by atoms with E-state index >= 15 is 0 Å². The Labute approximate surface area is 183 Å². The summed E-state index contributed by atoms with van der Waals surface area (Å²) in [6.45, 7) is 9.50. The molecule has 174 valence electrons. The molecule has 0 aromatic rings. The maximum absolute atomic E-state index is 12.7. The maximum Gasteiger partial charge on any atom is 0.317 e. The molecule has 0 aromatic carbocycles. The van der Waals surface area contributed by atoms with E-state index < -0.39 is 0 Å². The Morgan fingerprint density at radius 3 is 1.28 bits per heavy atom. The summed E-state index contributed by atoms with van der Waals surface area (Å²) in [6.07, 6.45) is 24.5. The Morgan fingerprint density at radius 2 is 0.862 bits per heavy atom. The Bertz CT molecular complexity index is 317. The Kier molecular flexibility index (Phi) is 23.0. The number of nitrogens with zero attached hydrogens (tertiary/aromatic N) is 1. The summed E-state index contributed by atoms with van der Waals surface area (Å²) in [5.74, 6) is 0. The monoisotopic (exact) mass is 410 g/mol. The molecular formula is C26H54N2O. The second-order valence-corrected chi connectivity index (χ2v) is 8.88. The molecular weight excluding hydrogens is 356 g/mol. The maximum atomic E-state index is 12.7. The summed E-state index contributed by atoms with van der Waals surface area (Å²) in [7, 11) is 0. The van der Waals surface area contributed by atoms with Crippen LogP contribution in [0.25, 0.3) is 0 Å². The van der Waals surface area contributed by atoms with E-state index in [4.69, 9.17) is 0 Å².